The van der Waals surface area contributed by atoms with Crippen molar-refractivity contribution in [3.05, 3.63) is 16.1 Å². The Bertz CT molecular complexity index is 543. The van der Waals surface area contributed by atoms with Crippen LogP contribution in [0.15, 0.2) is 5.38 Å². The molecule has 3 heterocycles. The Kier molecular flexibility index (Phi) is 5.89. The summed E-state index contributed by atoms with van der Waals surface area (Å²) in [6.07, 6.45) is 1.25. The standard InChI is InChI=1S/C18H30N4OS/c1-14-8-15(2)10-22(9-14)18(23)12-21-6-4-20(5-7-21)11-17-13-24-16(3)19-17/h13-15H,4-12H2,1-3H3. The van der Waals surface area contributed by atoms with Crippen LogP contribution in [0.2, 0.25) is 0 Å². The van der Waals surface area contributed by atoms with E-state index in [0.717, 1.165) is 50.8 Å². The maximum Gasteiger partial charge on any atom is 0.236 e. The van der Waals surface area contributed by atoms with Gasteiger partial charge in [-0.3, -0.25) is 14.6 Å². The van der Waals surface area contributed by atoms with Crippen molar-refractivity contribution in [3.63, 3.8) is 0 Å². The van der Waals surface area contributed by atoms with Gasteiger partial charge in [0.25, 0.3) is 0 Å². The summed E-state index contributed by atoms with van der Waals surface area (Å²) in [6, 6.07) is 0. The molecule has 0 radical (unpaired) electrons. The van der Waals surface area contributed by atoms with Gasteiger partial charge in [-0.05, 0) is 25.2 Å². The van der Waals surface area contributed by atoms with Crippen molar-refractivity contribution in [2.24, 2.45) is 11.8 Å². The first kappa shape index (κ1) is 17.8. The maximum atomic E-state index is 12.6. The zero-order valence-corrected chi connectivity index (χ0v) is 16.0. The zero-order chi connectivity index (χ0) is 17.1. The first-order chi connectivity index (χ1) is 11.5. The van der Waals surface area contributed by atoms with Gasteiger partial charge < -0.3 is 4.90 Å². The van der Waals surface area contributed by atoms with E-state index in [1.54, 1.807) is 11.3 Å². The van der Waals surface area contributed by atoms with Crippen LogP contribution in [0, 0.1) is 18.8 Å². The summed E-state index contributed by atoms with van der Waals surface area (Å²) in [5.74, 6) is 1.59. The Morgan fingerprint density at radius 1 is 1.17 bits per heavy atom. The fraction of sp³-hybridized carbons (Fsp3) is 0.778. The highest BCUT2D eigenvalue weighted by atomic mass is 32.1. The van der Waals surface area contributed by atoms with Gasteiger partial charge in [0.05, 0.1) is 17.2 Å². The number of thiazole rings is 1. The molecule has 0 N–H and O–H groups in total. The number of carbonyl (C=O) groups excluding carboxylic acids is 1. The lowest BCUT2D eigenvalue weighted by molar-refractivity contribution is -0.135. The number of hydrogen-bond acceptors (Lipinski definition) is 5. The van der Waals surface area contributed by atoms with Crippen LogP contribution in [-0.2, 0) is 11.3 Å². The van der Waals surface area contributed by atoms with Gasteiger partial charge in [-0.1, -0.05) is 13.8 Å². The van der Waals surface area contributed by atoms with E-state index < -0.39 is 0 Å². The molecule has 3 rings (SSSR count). The van der Waals surface area contributed by atoms with Gasteiger partial charge in [-0.15, -0.1) is 11.3 Å². The molecule has 0 bridgehead atoms. The second kappa shape index (κ2) is 7.93. The Morgan fingerprint density at radius 3 is 2.38 bits per heavy atom. The molecule has 134 valence electrons. The highest BCUT2D eigenvalue weighted by Crippen LogP contribution is 2.21. The quantitative estimate of drug-likeness (QED) is 0.833. The predicted octanol–water partition coefficient (Wildman–Crippen LogP) is 2.07. The first-order valence-corrected chi connectivity index (χ1v) is 10.0. The van der Waals surface area contributed by atoms with E-state index in [2.05, 4.69) is 45.8 Å². The molecule has 0 aromatic carbocycles. The summed E-state index contributed by atoms with van der Waals surface area (Å²) >= 11 is 1.72. The molecule has 1 aromatic rings. The largest absolute Gasteiger partial charge is 0.341 e. The molecule has 0 aliphatic carbocycles. The first-order valence-electron chi connectivity index (χ1n) is 9.13. The maximum absolute atomic E-state index is 12.6. The van der Waals surface area contributed by atoms with Gasteiger partial charge in [0, 0.05) is 51.2 Å². The lowest BCUT2D eigenvalue weighted by atomic mass is 9.92. The molecule has 2 aliphatic rings. The summed E-state index contributed by atoms with van der Waals surface area (Å²) < 4.78 is 0. The van der Waals surface area contributed by atoms with Gasteiger partial charge in [0.1, 0.15) is 0 Å². The summed E-state index contributed by atoms with van der Waals surface area (Å²) in [6.45, 7) is 14.0. The third-order valence-electron chi connectivity index (χ3n) is 5.10. The fourth-order valence-electron chi connectivity index (χ4n) is 3.97. The van der Waals surface area contributed by atoms with E-state index in [1.807, 2.05) is 0 Å². The second-order valence-corrected chi connectivity index (χ2v) is 8.72. The normalized spacial score (nSPS) is 26.7. The second-order valence-electron chi connectivity index (χ2n) is 7.65. The SMILES string of the molecule is Cc1nc(CN2CCN(CC(=O)N3CC(C)CC(C)C3)CC2)cs1. The summed E-state index contributed by atoms with van der Waals surface area (Å²) in [7, 11) is 0. The number of nitrogens with zero attached hydrogens (tertiary/aromatic N) is 4. The van der Waals surface area contributed by atoms with E-state index in [9.17, 15) is 4.79 Å². The number of piperidine rings is 1. The number of carbonyl (C=O) groups is 1. The molecule has 2 atom stereocenters. The van der Waals surface area contributed by atoms with Crippen LogP contribution >= 0.6 is 11.3 Å². The minimum absolute atomic E-state index is 0.317. The van der Waals surface area contributed by atoms with Crippen molar-refractivity contribution in [1.82, 2.24) is 19.7 Å². The van der Waals surface area contributed by atoms with Crippen molar-refractivity contribution >= 4 is 17.2 Å². The van der Waals surface area contributed by atoms with Crippen LogP contribution in [0.5, 0.6) is 0 Å². The van der Waals surface area contributed by atoms with Crippen LogP contribution in [0.25, 0.3) is 0 Å². The van der Waals surface area contributed by atoms with Gasteiger partial charge in [0.15, 0.2) is 0 Å². The van der Waals surface area contributed by atoms with E-state index >= 15 is 0 Å². The van der Waals surface area contributed by atoms with Crippen molar-refractivity contribution in [3.8, 4) is 0 Å². The van der Waals surface area contributed by atoms with Crippen LogP contribution in [-0.4, -0.2) is 71.4 Å². The van der Waals surface area contributed by atoms with Crippen LogP contribution < -0.4 is 0 Å². The minimum Gasteiger partial charge on any atom is -0.341 e. The van der Waals surface area contributed by atoms with E-state index in [4.69, 9.17) is 0 Å². The van der Waals surface area contributed by atoms with E-state index in [0.29, 0.717) is 24.3 Å². The highest BCUT2D eigenvalue weighted by Gasteiger charge is 2.27. The van der Waals surface area contributed by atoms with Crippen molar-refractivity contribution in [2.45, 2.75) is 33.7 Å². The number of hydrogen-bond donors (Lipinski definition) is 0. The number of aromatic nitrogens is 1. The van der Waals surface area contributed by atoms with Gasteiger partial charge in [-0.25, -0.2) is 4.98 Å². The average Bonchev–Trinajstić information content (AvgIpc) is 2.93. The van der Waals surface area contributed by atoms with Crippen molar-refractivity contribution in [2.75, 3.05) is 45.8 Å². The monoisotopic (exact) mass is 350 g/mol. The Balaban J connectivity index is 1.42. The number of rotatable bonds is 4. The topological polar surface area (TPSA) is 39.7 Å². The summed E-state index contributed by atoms with van der Waals surface area (Å²) in [4.78, 5) is 24.0. The van der Waals surface area contributed by atoms with Crippen LogP contribution in [0.1, 0.15) is 31.0 Å². The number of likely N-dealkylation sites (tertiary alicyclic amines) is 1. The minimum atomic E-state index is 0.317. The molecule has 2 unspecified atom stereocenters. The lowest BCUT2D eigenvalue weighted by Crippen LogP contribution is -2.51. The predicted molar refractivity (Wildman–Crippen MR) is 98.1 cm³/mol. The lowest BCUT2D eigenvalue weighted by Gasteiger charge is -2.38. The molecular formula is C18H30N4OS. The Labute approximate surface area is 149 Å². The van der Waals surface area contributed by atoms with Crippen LogP contribution in [0.4, 0.5) is 0 Å². The molecule has 2 fully saturated rings. The molecule has 2 saturated heterocycles. The molecule has 0 saturated carbocycles. The van der Waals surface area contributed by atoms with Gasteiger partial charge >= 0.3 is 0 Å². The van der Waals surface area contributed by atoms with E-state index in [1.165, 1.54) is 12.1 Å². The molecule has 6 heteroatoms. The Hall–Kier alpha value is -0.980. The number of amides is 1. The molecule has 0 spiro atoms. The summed E-state index contributed by atoms with van der Waals surface area (Å²) in [5, 5.41) is 3.29. The Morgan fingerprint density at radius 2 is 1.79 bits per heavy atom. The fourth-order valence-corrected chi connectivity index (χ4v) is 4.58. The summed E-state index contributed by atoms with van der Waals surface area (Å²) in [5.41, 5.74) is 1.18. The van der Waals surface area contributed by atoms with Crippen molar-refractivity contribution < 1.29 is 4.79 Å². The highest BCUT2D eigenvalue weighted by molar-refractivity contribution is 7.09. The van der Waals surface area contributed by atoms with Gasteiger partial charge in [0.2, 0.25) is 5.91 Å². The van der Waals surface area contributed by atoms with Gasteiger partial charge in [-0.2, -0.15) is 0 Å². The van der Waals surface area contributed by atoms with E-state index in [-0.39, 0.29) is 0 Å². The molecular weight excluding hydrogens is 320 g/mol. The number of piperazine rings is 1. The third kappa shape index (κ3) is 4.77. The van der Waals surface area contributed by atoms with Crippen LogP contribution in [0.3, 0.4) is 0 Å². The molecule has 1 aromatic heterocycles. The average molecular weight is 351 g/mol. The smallest absolute Gasteiger partial charge is 0.236 e. The van der Waals surface area contributed by atoms with Crippen molar-refractivity contribution in [1.29, 1.82) is 0 Å². The zero-order valence-electron chi connectivity index (χ0n) is 15.2. The molecule has 2 aliphatic heterocycles. The third-order valence-corrected chi connectivity index (χ3v) is 5.92. The molecule has 24 heavy (non-hydrogen) atoms. The molecule has 5 nitrogen and oxygen atoms in total. The molecule has 1 amide bonds. The number of aryl methyl sites for hydroxylation is 1.